The van der Waals surface area contributed by atoms with Gasteiger partial charge < -0.3 is 15.1 Å². The largest absolute Gasteiger partial charge is 0.467 e. The lowest BCUT2D eigenvalue weighted by Crippen LogP contribution is -2.35. The Morgan fingerprint density at radius 1 is 1.33 bits per heavy atom. The van der Waals surface area contributed by atoms with Crippen LogP contribution < -0.4 is 10.6 Å². The van der Waals surface area contributed by atoms with Gasteiger partial charge in [-0.1, -0.05) is 6.42 Å². The van der Waals surface area contributed by atoms with E-state index < -0.39 is 24.2 Å². The van der Waals surface area contributed by atoms with Gasteiger partial charge in [-0.2, -0.15) is 23.5 Å². The van der Waals surface area contributed by atoms with Crippen molar-refractivity contribution in [1.29, 1.82) is 5.26 Å². The number of amides is 1. The topological polar surface area (TPSA) is 95.9 Å². The minimum Gasteiger partial charge on any atom is -0.467 e. The van der Waals surface area contributed by atoms with Crippen molar-refractivity contribution in [2.75, 3.05) is 10.6 Å². The normalized spacial score (nSPS) is 20.2. The highest BCUT2D eigenvalue weighted by Crippen LogP contribution is 2.44. The molecule has 0 fully saturated rings. The summed E-state index contributed by atoms with van der Waals surface area (Å²) >= 11 is 1.36. The molecular weight excluding hydrogens is 455 g/mol. The molecule has 5 rings (SSSR count). The minimum absolute atomic E-state index is 0.0811. The summed E-state index contributed by atoms with van der Waals surface area (Å²) < 4.78 is 47.5. The Labute approximate surface area is 191 Å². The average Bonchev–Trinajstić information content (AvgIpc) is 3.48. The number of aryl methyl sites for hydroxylation is 1. The number of hydrogen-bond donors (Lipinski definition) is 2. The van der Waals surface area contributed by atoms with E-state index in [9.17, 15) is 23.2 Å². The first-order chi connectivity index (χ1) is 15.8. The summed E-state index contributed by atoms with van der Waals surface area (Å²) in [5.41, 5.74) is 1.26. The van der Waals surface area contributed by atoms with Gasteiger partial charge in [0.15, 0.2) is 11.7 Å². The fourth-order valence-corrected chi connectivity index (χ4v) is 5.71. The molecule has 1 amide bonds. The number of nitrogens with one attached hydrogen (secondary N) is 2. The lowest BCUT2D eigenvalue weighted by Gasteiger charge is -2.32. The molecule has 0 saturated carbocycles. The predicted molar refractivity (Wildman–Crippen MR) is 115 cm³/mol. The number of fused-ring (bicyclic) bond motifs is 2. The maximum Gasteiger partial charge on any atom is 0.410 e. The van der Waals surface area contributed by atoms with Crippen LogP contribution in [0.3, 0.4) is 0 Å². The van der Waals surface area contributed by atoms with Crippen LogP contribution in [0, 0.1) is 11.3 Å². The van der Waals surface area contributed by atoms with Crippen LogP contribution in [0.15, 0.2) is 28.9 Å². The van der Waals surface area contributed by atoms with Crippen LogP contribution in [0.4, 0.5) is 24.0 Å². The van der Waals surface area contributed by atoms with Crippen molar-refractivity contribution in [3.05, 3.63) is 51.9 Å². The molecule has 0 spiro atoms. The van der Waals surface area contributed by atoms with E-state index in [-0.39, 0.29) is 17.9 Å². The van der Waals surface area contributed by atoms with E-state index in [4.69, 9.17) is 4.42 Å². The Bertz CT molecular complexity index is 1220. The molecule has 11 heteroatoms. The third kappa shape index (κ3) is 3.99. The number of alkyl halides is 3. The number of nitriles is 1. The van der Waals surface area contributed by atoms with Crippen molar-refractivity contribution in [2.45, 2.75) is 56.8 Å². The van der Waals surface area contributed by atoms with E-state index in [1.54, 1.807) is 12.1 Å². The fourth-order valence-electron chi connectivity index (χ4n) is 4.48. The standard InChI is InChI=1S/C22H20F3N5O2S/c23-22(24,25)18-9-14(16-6-4-8-32-16)27-19-10-15(29-30(18)19)20(31)28-21-13(11-26)12-5-2-1-3-7-17(12)33-21/h4,6,8,10,14,18,27H,1-3,5,7,9H2,(H,28,31)/t14-,18+/m1/s1. The zero-order valence-corrected chi connectivity index (χ0v) is 18.2. The van der Waals surface area contributed by atoms with Crippen LogP contribution >= 0.6 is 11.3 Å². The third-order valence-electron chi connectivity index (χ3n) is 6.07. The number of rotatable bonds is 3. The van der Waals surface area contributed by atoms with Gasteiger partial charge in [-0.15, -0.1) is 11.3 Å². The monoisotopic (exact) mass is 475 g/mol. The van der Waals surface area contributed by atoms with Crippen molar-refractivity contribution >= 4 is 28.1 Å². The van der Waals surface area contributed by atoms with Crippen LogP contribution in [0.2, 0.25) is 0 Å². The first-order valence-electron chi connectivity index (χ1n) is 10.7. The molecule has 1 aliphatic carbocycles. The molecule has 172 valence electrons. The maximum absolute atomic E-state index is 13.8. The summed E-state index contributed by atoms with van der Waals surface area (Å²) in [5, 5.41) is 19.8. The van der Waals surface area contributed by atoms with Gasteiger partial charge in [0.05, 0.1) is 17.9 Å². The molecule has 2 aliphatic rings. The van der Waals surface area contributed by atoms with Crippen LogP contribution in [0.25, 0.3) is 0 Å². The molecule has 2 N–H and O–H groups in total. The van der Waals surface area contributed by atoms with Crippen LogP contribution in [-0.4, -0.2) is 21.9 Å². The van der Waals surface area contributed by atoms with Gasteiger partial charge in [-0.25, -0.2) is 4.68 Å². The SMILES string of the molecule is N#Cc1c(NC(=O)c2cc3n(n2)[C@H](C(F)(F)F)C[C@H](c2ccco2)N3)sc2c1CCCCC2. The van der Waals surface area contributed by atoms with Crippen LogP contribution in [-0.2, 0) is 12.8 Å². The quantitative estimate of drug-likeness (QED) is 0.482. The molecule has 0 saturated heterocycles. The average molecular weight is 475 g/mol. The molecule has 1 aliphatic heterocycles. The van der Waals surface area contributed by atoms with Crippen molar-refractivity contribution < 1.29 is 22.4 Å². The van der Waals surface area contributed by atoms with Crippen molar-refractivity contribution in [3.8, 4) is 6.07 Å². The predicted octanol–water partition coefficient (Wildman–Crippen LogP) is 5.59. The Hall–Kier alpha value is -3.26. The van der Waals surface area contributed by atoms with E-state index >= 15 is 0 Å². The summed E-state index contributed by atoms with van der Waals surface area (Å²) in [5.74, 6) is -0.193. The van der Waals surface area contributed by atoms with Gasteiger partial charge in [0.2, 0.25) is 0 Å². The zero-order chi connectivity index (χ0) is 23.2. The Balaban J connectivity index is 1.44. The molecular formula is C22H20F3N5O2S. The van der Waals surface area contributed by atoms with Gasteiger partial charge in [0.1, 0.15) is 22.6 Å². The number of nitrogens with zero attached hydrogens (tertiary/aromatic N) is 3. The second-order valence-electron chi connectivity index (χ2n) is 8.20. The van der Waals surface area contributed by atoms with E-state index in [1.165, 1.54) is 23.7 Å². The smallest absolute Gasteiger partial charge is 0.410 e. The maximum atomic E-state index is 13.8. The number of furan rings is 1. The highest BCUT2D eigenvalue weighted by molar-refractivity contribution is 7.16. The van der Waals surface area contributed by atoms with Crippen LogP contribution in [0.5, 0.6) is 0 Å². The second-order valence-corrected chi connectivity index (χ2v) is 9.30. The molecule has 0 aromatic carbocycles. The lowest BCUT2D eigenvalue weighted by molar-refractivity contribution is -0.174. The van der Waals surface area contributed by atoms with E-state index in [1.807, 2.05) is 0 Å². The summed E-state index contributed by atoms with van der Waals surface area (Å²) in [6.45, 7) is 0. The lowest BCUT2D eigenvalue weighted by atomic mass is 10.0. The highest BCUT2D eigenvalue weighted by atomic mass is 32.1. The Morgan fingerprint density at radius 3 is 2.88 bits per heavy atom. The Kier molecular flexibility index (Phi) is 5.40. The van der Waals surface area contributed by atoms with Gasteiger partial charge in [-0.05, 0) is 43.4 Å². The van der Waals surface area contributed by atoms with Gasteiger partial charge in [0, 0.05) is 17.4 Å². The second kappa shape index (κ2) is 8.26. The van der Waals surface area contributed by atoms with Crippen molar-refractivity contribution in [2.24, 2.45) is 0 Å². The summed E-state index contributed by atoms with van der Waals surface area (Å²) in [6.07, 6.45) is 1.29. The van der Waals surface area contributed by atoms with Crippen molar-refractivity contribution in [1.82, 2.24) is 9.78 Å². The van der Waals surface area contributed by atoms with Crippen LogP contribution in [0.1, 0.15) is 70.0 Å². The van der Waals surface area contributed by atoms with Crippen molar-refractivity contribution in [3.63, 3.8) is 0 Å². The number of thiophene rings is 1. The molecule has 33 heavy (non-hydrogen) atoms. The molecule has 3 aromatic heterocycles. The molecule has 4 heterocycles. The summed E-state index contributed by atoms with van der Waals surface area (Å²) in [6, 6.07) is 4.09. The first kappa shape index (κ1) is 21.6. The Morgan fingerprint density at radius 2 is 2.15 bits per heavy atom. The molecule has 3 aromatic rings. The molecule has 0 radical (unpaired) electrons. The number of aromatic nitrogens is 2. The third-order valence-corrected chi connectivity index (χ3v) is 7.28. The number of anilines is 2. The van der Waals surface area contributed by atoms with Gasteiger partial charge in [0.25, 0.3) is 5.91 Å². The highest BCUT2D eigenvalue weighted by Gasteiger charge is 2.47. The summed E-state index contributed by atoms with van der Waals surface area (Å²) in [7, 11) is 0. The fraction of sp³-hybridized carbons (Fsp3) is 0.409. The van der Waals surface area contributed by atoms with Gasteiger partial charge >= 0.3 is 6.18 Å². The number of carbonyl (C=O) groups is 1. The molecule has 7 nitrogen and oxygen atoms in total. The number of carbonyl (C=O) groups excluding carboxylic acids is 1. The van der Waals surface area contributed by atoms with E-state index in [0.717, 1.165) is 47.2 Å². The number of halogens is 3. The molecule has 2 atom stereocenters. The number of hydrogen-bond acceptors (Lipinski definition) is 6. The van der Waals surface area contributed by atoms with E-state index in [0.29, 0.717) is 16.3 Å². The molecule has 0 bridgehead atoms. The van der Waals surface area contributed by atoms with Gasteiger partial charge in [-0.3, -0.25) is 4.79 Å². The summed E-state index contributed by atoms with van der Waals surface area (Å²) in [4.78, 5) is 14.0. The first-order valence-corrected chi connectivity index (χ1v) is 11.5. The minimum atomic E-state index is -4.55. The molecule has 0 unspecified atom stereocenters. The zero-order valence-electron chi connectivity index (χ0n) is 17.4. The van der Waals surface area contributed by atoms with E-state index in [2.05, 4.69) is 21.8 Å².